The van der Waals surface area contributed by atoms with E-state index in [1.165, 1.54) is 0 Å². The van der Waals surface area contributed by atoms with Crippen LogP contribution in [0.25, 0.3) is 0 Å². The molecule has 0 spiro atoms. The molecule has 1 unspecified atom stereocenters. The van der Waals surface area contributed by atoms with Gasteiger partial charge in [-0.3, -0.25) is 4.90 Å². The molecule has 0 aromatic carbocycles. The minimum absolute atomic E-state index is 0.0335. The zero-order chi connectivity index (χ0) is 10.7. The summed E-state index contributed by atoms with van der Waals surface area (Å²) in [6, 6.07) is -0.0335. The minimum Gasteiger partial charge on any atom is -0.409 e. The molecule has 0 aromatic rings. The predicted octanol–water partition coefficient (Wildman–Crippen LogP) is 0.230. The van der Waals surface area contributed by atoms with E-state index in [1.807, 2.05) is 20.8 Å². The Morgan fingerprint density at radius 2 is 2.00 bits per heavy atom. The topological polar surface area (TPSA) is 71.1 Å². The second kappa shape index (κ2) is 4.61. The number of hydrogen-bond acceptors (Lipinski definition) is 4. The third-order valence-corrected chi connectivity index (χ3v) is 2.54. The van der Waals surface area contributed by atoms with E-state index in [0.717, 1.165) is 13.1 Å². The van der Waals surface area contributed by atoms with Crippen molar-refractivity contribution in [2.24, 2.45) is 10.9 Å². The Hall–Kier alpha value is -0.810. The summed E-state index contributed by atoms with van der Waals surface area (Å²) in [4.78, 5) is 2.16. The molecular weight excluding hydrogens is 182 g/mol. The van der Waals surface area contributed by atoms with Crippen LogP contribution in [0.1, 0.15) is 20.8 Å². The number of rotatable bonds is 2. The van der Waals surface area contributed by atoms with Crippen LogP contribution in [0.15, 0.2) is 5.16 Å². The number of oxime groups is 1. The first kappa shape index (κ1) is 11.3. The number of nitrogens with zero attached hydrogens (tertiary/aromatic N) is 2. The molecule has 0 saturated carbocycles. The molecule has 1 heterocycles. The van der Waals surface area contributed by atoms with Crippen LogP contribution in [-0.2, 0) is 4.74 Å². The molecule has 1 fully saturated rings. The molecule has 1 aliphatic heterocycles. The molecule has 0 amide bonds. The number of morpholine rings is 1. The van der Waals surface area contributed by atoms with Crippen LogP contribution < -0.4 is 5.73 Å². The van der Waals surface area contributed by atoms with Crippen LogP contribution in [0.5, 0.6) is 0 Å². The number of ether oxygens (including phenoxy) is 1. The molecule has 5 heteroatoms. The van der Waals surface area contributed by atoms with Crippen molar-refractivity contribution in [3.05, 3.63) is 0 Å². The molecule has 0 aliphatic carbocycles. The predicted molar refractivity (Wildman–Crippen MR) is 54.5 cm³/mol. The zero-order valence-electron chi connectivity index (χ0n) is 8.97. The first-order valence-corrected chi connectivity index (χ1v) is 4.91. The molecule has 0 aromatic heterocycles. The van der Waals surface area contributed by atoms with Crippen molar-refractivity contribution in [2.45, 2.75) is 39.0 Å². The molecule has 0 radical (unpaired) electrons. The standard InChI is InChI=1S/C9H19N3O2/c1-6-4-12(5-7(2)14-6)8(3)9(10)11-13/h6-8,13H,4-5H2,1-3H3,(H2,10,11)/t6-,7+,8?. The van der Waals surface area contributed by atoms with Crippen molar-refractivity contribution in [1.29, 1.82) is 0 Å². The summed E-state index contributed by atoms with van der Waals surface area (Å²) in [6.45, 7) is 7.63. The van der Waals surface area contributed by atoms with Gasteiger partial charge in [0.25, 0.3) is 0 Å². The number of hydrogen-bond donors (Lipinski definition) is 2. The van der Waals surface area contributed by atoms with Crippen molar-refractivity contribution in [3.8, 4) is 0 Å². The van der Waals surface area contributed by atoms with Crippen molar-refractivity contribution in [2.75, 3.05) is 13.1 Å². The lowest BCUT2D eigenvalue weighted by atomic mass is 10.1. The van der Waals surface area contributed by atoms with E-state index in [1.54, 1.807) is 0 Å². The highest BCUT2D eigenvalue weighted by Gasteiger charge is 2.27. The van der Waals surface area contributed by atoms with Crippen LogP contribution in [0, 0.1) is 0 Å². The summed E-state index contributed by atoms with van der Waals surface area (Å²) >= 11 is 0. The molecule has 1 rings (SSSR count). The molecule has 5 nitrogen and oxygen atoms in total. The normalized spacial score (nSPS) is 32.9. The van der Waals surface area contributed by atoms with Gasteiger partial charge in [0.05, 0.1) is 18.2 Å². The Morgan fingerprint density at radius 3 is 2.43 bits per heavy atom. The van der Waals surface area contributed by atoms with E-state index >= 15 is 0 Å². The Labute approximate surface area is 84.5 Å². The number of nitrogens with two attached hydrogens (primary N) is 1. The Balaban J connectivity index is 2.59. The second-order valence-corrected chi connectivity index (χ2v) is 3.91. The van der Waals surface area contributed by atoms with Gasteiger partial charge in [0.15, 0.2) is 5.84 Å². The van der Waals surface area contributed by atoms with Crippen LogP contribution in [0.4, 0.5) is 0 Å². The highest BCUT2D eigenvalue weighted by atomic mass is 16.5. The molecule has 3 atom stereocenters. The van der Waals surface area contributed by atoms with Gasteiger partial charge in [-0.1, -0.05) is 5.16 Å². The highest BCUT2D eigenvalue weighted by Crippen LogP contribution is 2.13. The van der Waals surface area contributed by atoms with Gasteiger partial charge in [-0.25, -0.2) is 0 Å². The van der Waals surface area contributed by atoms with Gasteiger partial charge in [-0.05, 0) is 20.8 Å². The van der Waals surface area contributed by atoms with Gasteiger partial charge >= 0.3 is 0 Å². The van der Waals surface area contributed by atoms with Crippen LogP contribution >= 0.6 is 0 Å². The van der Waals surface area contributed by atoms with E-state index in [2.05, 4.69) is 10.1 Å². The molecule has 3 N–H and O–H groups in total. The largest absolute Gasteiger partial charge is 0.409 e. The van der Waals surface area contributed by atoms with Crippen LogP contribution in [-0.4, -0.2) is 47.3 Å². The van der Waals surface area contributed by atoms with E-state index < -0.39 is 0 Å². The first-order chi connectivity index (χ1) is 6.54. The van der Waals surface area contributed by atoms with Crippen molar-refractivity contribution >= 4 is 5.84 Å². The summed E-state index contributed by atoms with van der Waals surface area (Å²) in [6.07, 6.45) is 0.403. The Bertz CT molecular complexity index is 210. The second-order valence-electron chi connectivity index (χ2n) is 3.91. The lowest BCUT2D eigenvalue weighted by molar-refractivity contribution is -0.0720. The van der Waals surface area contributed by atoms with Gasteiger partial charge < -0.3 is 15.7 Å². The maximum Gasteiger partial charge on any atom is 0.156 e. The van der Waals surface area contributed by atoms with Crippen molar-refractivity contribution < 1.29 is 9.94 Å². The van der Waals surface area contributed by atoms with E-state index in [-0.39, 0.29) is 24.1 Å². The lowest BCUT2D eigenvalue weighted by Gasteiger charge is -2.38. The zero-order valence-corrected chi connectivity index (χ0v) is 8.97. The fourth-order valence-corrected chi connectivity index (χ4v) is 1.80. The first-order valence-electron chi connectivity index (χ1n) is 4.91. The lowest BCUT2D eigenvalue weighted by Crippen LogP contribution is -2.53. The summed E-state index contributed by atoms with van der Waals surface area (Å²) in [7, 11) is 0. The molecule has 82 valence electrons. The quantitative estimate of drug-likeness (QED) is 0.290. The fraction of sp³-hybridized carbons (Fsp3) is 0.889. The molecular formula is C9H19N3O2. The molecule has 14 heavy (non-hydrogen) atoms. The van der Waals surface area contributed by atoms with Gasteiger partial charge in [0, 0.05) is 13.1 Å². The van der Waals surface area contributed by atoms with Gasteiger partial charge in [0.2, 0.25) is 0 Å². The van der Waals surface area contributed by atoms with Crippen molar-refractivity contribution in [3.63, 3.8) is 0 Å². The number of amidine groups is 1. The van der Waals surface area contributed by atoms with Gasteiger partial charge in [-0.2, -0.15) is 0 Å². The SMILES string of the molecule is CC(C(N)=NO)N1C[C@@H](C)O[C@@H](C)C1. The average molecular weight is 201 g/mol. The summed E-state index contributed by atoms with van der Waals surface area (Å²) < 4.78 is 5.60. The van der Waals surface area contributed by atoms with Gasteiger partial charge in [0.1, 0.15) is 0 Å². The summed E-state index contributed by atoms with van der Waals surface area (Å²) in [5.41, 5.74) is 5.56. The van der Waals surface area contributed by atoms with Gasteiger partial charge in [-0.15, -0.1) is 0 Å². The van der Waals surface area contributed by atoms with E-state index in [9.17, 15) is 0 Å². The third-order valence-electron chi connectivity index (χ3n) is 2.54. The minimum atomic E-state index is -0.0335. The smallest absolute Gasteiger partial charge is 0.156 e. The Kier molecular flexibility index (Phi) is 3.71. The summed E-state index contributed by atoms with van der Waals surface area (Å²) in [5, 5.41) is 11.6. The third kappa shape index (κ3) is 2.59. The monoisotopic (exact) mass is 201 g/mol. The van der Waals surface area contributed by atoms with E-state index in [4.69, 9.17) is 15.7 Å². The van der Waals surface area contributed by atoms with E-state index in [0.29, 0.717) is 0 Å². The van der Waals surface area contributed by atoms with Crippen LogP contribution in [0.2, 0.25) is 0 Å². The summed E-state index contributed by atoms with van der Waals surface area (Å²) in [5.74, 6) is 0.256. The molecule has 0 bridgehead atoms. The fourth-order valence-electron chi connectivity index (χ4n) is 1.80. The molecule has 1 aliphatic rings. The maximum absolute atomic E-state index is 8.57. The highest BCUT2D eigenvalue weighted by molar-refractivity contribution is 5.84. The molecule has 1 saturated heterocycles. The van der Waals surface area contributed by atoms with Crippen LogP contribution in [0.3, 0.4) is 0 Å². The average Bonchev–Trinajstić information content (AvgIpc) is 2.14. The maximum atomic E-state index is 8.57. The van der Waals surface area contributed by atoms with Crippen molar-refractivity contribution in [1.82, 2.24) is 4.90 Å². The Morgan fingerprint density at radius 1 is 1.50 bits per heavy atom.